The first kappa shape index (κ1) is 16.1. The van der Waals surface area contributed by atoms with Gasteiger partial charge in [0.25, 0.3) is 5.91 Å². The van der Waals surface area contributed by atoms with Crippen LogP contribution in [0, 0.1) is 11.7 Å². The van der Waals surface area contributed by atoms with Crippen molar-refractivity contribution in [3.63, 3.8) is 0 Å². The Labute approximate surface area is 138 Å². The summed E-state index contributed by atoms with van der Waals surface area (Å²) in [5.74, 6) is 0.0776. The fourth-order valence-electron chi connectivity index (χ4n) is 2.74. The van der Waals surface area contributed by atoms with E-state index < -0.39 is 0 Å². The summed E-state index contributed by atoms with van der Waals surface area (Å²) in [5.41, 5.74) is 0.975. The molecule has 1 aromatic heterocycles. The number of aliphatic hydroxyl groups excluding tert-OH is 1. The summed E-state index contributed by atoms with van der Waals surface area (Å²) in [5, 5.41) is 10.0. The SMILES string of the molecule is O=C(c1cnc(Cc2ccc(F)cc2)s1)N1CCC(CO)CC1. The maximum Gasteiger partial charge on any atom is 0.265 e. The highest BCUT2D eigenvalue weighted by Gasteiger charge is 2.24. The Morgan fingerprint density at radius 3 is 2.65 bits per heavy atom. The Bertz CT molecular complexity index is 663. The number of benzene rings is 1. The van der Waals surface area contributed by atoms with Crippen LogP contribution in [0.15, 0.2) is 30.5 Å². The molecule has 1 aromatic carbocycles. The third kappa shape index (κ3) is 3.95. The zero-order chi connectivity index (χ0) is 16.2. The van der Waals surface area contributed by atoms with Crippen LogP contribution in [-0.2, 0) is 6.42 Å². The van der Waals surface area contributed by atoms with Crippen molar-refractivity contribution in [3.05, 3.63) is 51.7 Å². The minimum Gasteiger partial charge on any atom is -0.396 e. The third-order valence-corrected chi connectivity index (χ3v) is 5.18. The van der Waals surface area contributed by atoms with Crippen molar-refractivity contribution in [3.8, 4) is 0 Å². The quantitative estimate of drug-likeness (QED) is 0.935. The summed E-state index contributed by atoms with van der Waals surface area (Å²) in [4.78, 5) is 19.3. The maximum absolute atomic E-state index is 12.9. The van der Waals surface area contributed by atoms with Gasteiger partial charge in [-0.3, -0.25) is 4.79 Å². The largest absolute Gasteiger partial charge is 0.396 e. The Morgan fingerprint density at radius 1 is 1.30 bits per heavy atom. The van der Waals surface area contributed by atoms with Gasteiger partial charge in [-0.15, -0.1) is 11.3 Å². The molecule has 0 radical (unpaired) electrons. The van der Waals surface area contributed by atoms with E-state index in [2.05, 4.69) is 4.98 Å². The van der Waals surface area contributed by atoms with Gasteiger partial charge in [0.1, 0.15) is 10.7 Å². The maximum atomic E-state index is 12.9. The Morgan fingerprint density at radius 2 is 2.00 bits per heavy atom. The highest BCUT2D eigenvalue weighted by molar-refractivity contribution is 7.13. The summed E-state index contributed by atoms with van der Waals surface area (Å²) < 4.78 is 12.9. The van der Waals surface area contributed by atoms with Gasteiger partial charge >= 0.3 is 0 Å². The number of halogens is 1. The van der Waals surface area contributed by atoms with Crippen LogP contribution in [0.25, 0.3) is 0 Å². The predicted octanol–water partition coefficient (Wildman–Crippen LogP) is 2.72. The van der Waals surface area contributed by atoms with Gasteiger partial charge in [0.15, 0.2) is 0 Å². The number of hydrogen-bond donors (Lipinski definition) is 1. The van der Waals surface area contributed by atoms with Crippen LogP contribution < -0.4 is 0 Å². The summed E-state index contributed by atoms with van der Waals surface area (Å²) in [7, 11) is 0. The van der Waals surface area contributed by atoms with Gasteiger partial charge in [-0.1, -0.05) is 12.1 Å². The Balaban J connectivity index is 1.62. The van der Waals surface area contributed by atoms with Crippen LogP contribution >= 0.6 is 11.3 Å². The van der Waals surface area contributed by atoms with Crippen molar-refractivity contribution in [1.29, 1.82) is 0 Å². The molecule has 2 aromatic rings. The molecule has 0 atom stereocenters. The summed E-state index contributed by atoms with van der Waals surface area (Å²) >= 11 is 1.39. The van der Waals surface area contributed by atoms with Gasteiger partial charge in [0.05, 0.1) is 11.2 Å². The minimum atomic E-state index is -0.255. The van der Waals surface area contributed by atoms with Crippen LogP contribution in [0.3, 0.4) is 0 Å². The van der Waals surface area contributed by atoms with Crippen LogP contribution in [0.1, 0.15) is 33.1 Å². The lowest BCUT2D eigenvalue weighted by atomic mass is 9.98. The second-order valence-electron chi connectivity index (χ2n) is 5.84. The number of nitrogens with zero attached hydrogens (tertiary/aromatic N) is 2. The molecular formula is C17H19FN2O2S. The van der Waals surface area contributed by atoms with Gasteiger partial charge < -0.3 is 10.0 Å². The molecule has 0 saturated carbocycles. The number of carbonyl (C=O) groups excluding carboxylic acids is 1. The van der Waals surface area contributed by atoms with Crippen molar-refractivity contribution >= 4 is 17.2 Å². The lowest BCUT2D eigenvalue weighted by Gasteiger charge is -2.30. The number of amides is 1. The molecule has 0 bridgehead atoms. The summed E-state index contributed by atoms with van der Waals surface area (Å²) in [6.45, 7) is 1.58. The first-order valence-electron chi connectivity index (χ1n) is 7.75. The number of likely N-dealkylation sites (tertiary alicyclic amines) is 1. The second kappa shape index (κ2) is 7.19. The lowest BCUT2D eigenvalue weighted by molar-refractivity contribution is 0.0655. The monoisotopic (exact) mass is 334 g/mol. The van der Waals surface area contributed by atoms with E-state index in [1.807, 2.05) is 4.90 Å². The molecule has 4 nitrogen and oxygen atoms in total. The molecule has 1 aliphatic heterocycles. The highest BCUT2D eigenvalue weighted by Crippen LogP contribution is 2.22. The molecule has 0 spiro atoms. The van der Waals surface area contributed by atoms with Crippen molar-refractivity contribution in [2.24, 2.45) is 5.92 Å². The molecule has 1 N–H and O–H groups in total. The van der Waals surface area contributed by atoms with E-state index in [9.17, 15) is 9.18 Å². The van der Waals surface area contributed by atoms with Crippen molar-refractivity contribution in [2.45, 2.75) is 19.3 Å². The Kier molecular flexibility index (Phi) is 5.03. The molecule has 1 aliphatic rings. The molecule has 6 heteroatoms. The average molecular weight is 334 g/mol. The fourth-order valence-corrected chi connectivity index (χ4v) is 3.66. The van der Waals surface area contributed by atoms with Gasteiger partial charge in [-0.2, -0.15) is 0 Å². The first-order chi connectivity index (χ1) is 11.2. The van der Waals surface area contributed by atoms with E-state index in [0.29, 0.717) is 30.3 Å². The van der Waals surface area contributed by atoms with Crippen LogP contribution in [0.5, 0.6) is 0 Å². The molecule has 2 heterocycles. The third-order valence-electron chi connectivity index (χ3n) is 4.19. The zero-order valence-electron chi connectivity index (χ0n) is 12.7. The zero-order valence-corrected chi connectivity index (χ0v) is 13.6. The number of piperidine rings is 1. The predicted molar refractivity (Wildman–Crippen MR) is 87.0 cm³/mol. The number of rotatable bonds is 4. The molecule has 122 valence electrons. The Hall–Kier alpha value is -1.79. The van der Waals surface area contributed by atoms with Crippen molar-refractivity contribution in [1.82, 2.24) is 9.88 Å². The lowest BCUT2D eigenvalue weighted by Crippen LogP contribution is -2.38. The van der Waals surface area contributed by atoms with Crippen molar-refractivity contribution in [2.75, 3.05) is 19.7 Å². The number of thiazole rings is 1. The van der Waals surface area contributed by atoms with Crippen LogP contribution in [0.2, 0.25) is 0 Å². The standard InChI is InChI=1S/C17H19FN2O2S/c18-14-3-1-12(2-4-14)9-16-19-10-15(23-16)17(22)20-7-5-13(11-21)6-8-20/h1-4,10,13,21H,5-9,11H2. The first-order valence-corrected chi connectivity index (χ1v) is 8.56. The number of aliphatic hydroxyl groups is 1. The number of carbonyl (C=O) groups is 1. The summed E-state index contributed by atoms with van der Waals surface area (Å²) in [6.07, 6.45) is 3.93. The van der Waals surface area contributed by atoms with E-state index in [1.165, 1.54) is 23.5 Å². The topological polar surface area (TPSA) is 53.4 Å². The van der Waals surface area contributed by atoms with Crippen LogP contribution in [-0.4, -0.2) is 40.6 Å². The van der Waals surface area contributed by atoms with Crippen LogP contribution in [0.4, 0.5) is 4.39 Å². The van der Waals surface area contributed by atoms with E-state index in [-0.39, 0.29) is 18.3 Å². The van der Waals surface area contributed by atoms with E-state index >= 15 is 0 Å². The minimum absolute atomic E-state index is 0.0178. The summed E-state index contributed by atoms with van der Waals surface area (Å²) in [6, 6.07) is 6.33. The number of hydrogen-bond acceptors (Lipinski definition) is 4. The molecule has 3 rings (SSSR count). The number of aromatic nitrogens is 1. The van der Waals surface area contributed by atoms with Gasteiger partial charge in [0.2, 0.25) is 0 Å². The second-order valence-corrected chi connectivity index (χ2v) is 6.95. The van der Waals surface area contributed by atoms with E-state index in [0.717, 1.165) is 23.4 Å². The normalized spacial score (nSPS) is 15.8. The molecular weight excluding hydrogens is 315 g/mol. The molecule has 0 aliphatic carbocycles. The molecule has 1 fully saturated rings. The van der Waals surface area contributed by atoms with Crippen molar-refractivity contribution < 1.29 is 14.3 Å². The van der Waals surface area contributed by atoms with E-state index in [4.69, 9.17) is 5.11 Å². The van der Waals surface area contributed by atoms with Gasteiger partial charge in [0, 0.05) is 26.1 Å². The van der Waals surface area contributed by atoms with Gasteiger partial charge in [-0.05, 0) is 36.5 Å². The van der Waals surface area contributed by atoms with Gasteiger partial charge in [-0.25, -0.2) is 9.37 Å². The highest BCUT2D eigenvalue weighted by atomic mass is 32.1. The van der Waals surface area contributed by atoms with E-state index in [1.54, 1.807) is 18.3 Å². The molecule has 23 heavy (non-hydrogen) atoms. The average Bonchev–Trinajstić information content (AvgIpc) is 3.05. The molecule has 1 amide bonds. The smallest absolute Gasteiger partial charge is 0.265 e. The molecule has 0 unspecified atom stereocenters. The fraction of sp³-hybridized carbons (Fsp3) is 0.412. The molecule has 1 saturated heterocycles.